The summed E-state index contributed by atoms with van der Waals surface area (Å²) >= 11 is 0. The predicted molar refractivity (Wildman–Crippen MR) is 151 cm³/mol. The van der Waals surface area contributed by atoms with Crippen LogP contribution < -0.4 is 15.2 Å². The topological polar surface area (TPSA) is 88.2 Å². The lowest BCUT2D eigenvalue weighted by Crippen LogP contribution is -2.44. The van der Waals surface area contributed by atoms with Crippen LogP contribution in [0.3, 0.4) is 0 Å². The summed E-state index contributed by atoms with van der Waals surface area (Å²) in [5, 5.41) is 21.1. The second-order valence-corrected chi connectivity index (χ2v) is 9.41. The average molecular weight is 513 g/mol. The van der Waals surface area contributed by atoms with Crippen LogP contribution in [0, 0.1) is 0 Å². The number of hydrogen-bond donors (Lipinski definition) is 3. The van der Waals surface area contributed by atoms with E-state index in [1.54, 1.807) is 0 Å². The number of nitrogens with zero attached hydrogens (tertiary/aromatic N) is 1. The van der Waals surface area contributed by atoms with E-state index in [4.69, 9.17) is 15.2 Å². The Kier molecular flexibility index (Phi) is 10.2. The first-order valence-electron chi connectivity index (χ1n) is 12.9. The normalized spacial score (nSPS) is 12.7. The third-order valence-corrected chi connectivity index (χ3v) is 6.37. The van der Waals surface area contributed by atoms with Crippen LogP contribution in [0.1, 0.15) is 16.7 Å². The molecule has 6 nitrogen and oxygen atoms in total. The van der Waals surface area contributed by atoms with Gasteiger partial charge in [-0.15, -0.1) is 0 Å². The van der Waals surface area contributed by atoms with Crippen molar-refractivity contribution in [2.24, 2.45) is 0 Å². The molecular formula is C32H36N2O4. The lowest BCUT2D eigenvalue weighted by molar-refractivity contribution is 0.0335. The zero-order valence-corrected chi connectivity index (χ0v) is 21.5. The lowest BCUT2D eigenvalue weighted by atomic mass is 10.0. The third-order valence-electron chi connectivity index (χ3n) is 6.37. The Hall–Kier alpha value is -3.84. The Balaban J connectivity index is 1.33. The van der Waals surface area contributed by atoms with E-state index < -0.39 is 6.10 Å². The zero-order valence-electron chi connectivity index (χ0n) is 21.5. The monoisotopic (exact) mass is 512 g/mol. The largest absolute Gasteiger partial charge is 0.491 e. The number of ether oxygens (including phenoxy) is 2. The minimum absolute atomic E-state index is 0.0325. The SMILES string of the molecule is Nc1ccc(C[C@@H](CO)N(Cc2ccccc2)C[C@H](O)COc2ccc(OCc3ccccc3)cc2)cc1. The number of aliphatic hydroxyl groups excluding tert-OH is 2. The molecule has 198 valence electrons. The van der Waals surface area contributed by atoms with E-state index in [1.165, 1.54) is 0 Å². The Bertz CT molecular complexity index is 1200. The third kappa shape index (κ3) is 8.63. The number of nitrogen functional groups attached to an aromatic ring is 1. The highest BCUT2D eigenvalue weighted by Crippen LogP contribution is 2.20. The molecule has 0 radical (unpaired) electrons. The maximum Gasteiger partial charge on any atom is 0.120 e. The molecule has 0 saturated carbocycles. The van der Waals surface area contributed by atoms with Gasteiger partial charge in [-0.3, -0.25) is 4.90 Å². The highest BCUT2D eigenvalue weighted by Gasteiger charge is 2.22. The number of hydrogen-bond acceptors (Lipinski definition) is 6. The van der Waals surface area contributed by atoms with E-state index in [0.29, 0.717) is 37.6 Å². The fraction of sp³-hybridized carbons (Fsp3) is 0.250. The Morgan fingerprint density at radius 3 is 1.87 bits per heavy atom. The van der Waals surface area contributed by atoms with Crippen LogP contribution in [0.4, 0.5) is 5.69 Å². The van der Waals surface area contributed by atoms with Gasteiger partial charge in [0.1, 0.15) is 30.8 Å². The van der Waals surface area contributed by atoms with Crippen LogP contribution in [0.15, 0.2) is 109 Å². The molecule has 0 aliphatic carbocycles. The van der Waals surface area contributed by atoms with Gasteiger partial charge in [0.05, 0.1) is 6.61 Å². The first kappa shape index (κ1) is 27.2. The number of nitrogens with two attached hydrogens (primary N) is 1. The molecule has 0 spiro atoms. The summed E-state index contributed by atoms with van der Waals surface area (Å²) in [6.45, 7) is 1.56. The number of aliphatic hydroxyl groups is 2. The van der Waals surface area contributed by atoms with Crippen molar-refractivity contribution in [3.63, 3.8) is 0 Å². The number of benzene rings is 4. The lowest BCUT2D eigenvalue weighted by Gasteiger charge is -2.32. The molecule has 4 aromatic rings. The summed E-state index contributed by atoms with van der Waals surface area (Å²) in [6.07, 6.45) is -0.102. The van der Waals surface area contributed by atoms with Gasteiger partial charge in [-0.25, -0.2) is 0 Å². The van der Waals surface area contributed by atoms with Crippen LogP contribution >= 0.6 is 0 Å². The zero-order chi connectivity index (χ0) is 26.6. The van der Waals surface area contributed by atoms with Gasteiger partial charge in [0.25, 0.3) is 0 Å². The maximum absolute atomic E-state index is 10.9. The Labute approximate surface area is 224 Å². The summed E-state index contributed by atoms with van der Waals surface area (Å²) in [7, 11) is 0. The molecule has 4 N–H and O–H groups in total. The highest BCUT2D eigenvalue weighted by atomic mass is 16.5. The van der Waals surface area contributed by atoms with Gasteiger partial charge in [-0.05, 0) is 59.5 Å². The van der Waals surface area contributed by atoms with E-state index in [0.717, 1.165) is 22.4 Å². The Morgan fingerprint density at radius 2 is 1.26 bits per heavy atom. The van der Waals surface area contributed by atoms with Crippen molar-refractivity contribution in [2.45, 2.75) is 31.7 Å². The maximum atomic E-state index is 10.9. The van der Waals surface area contributed by atoms with Gasteiger partial charge >= 0.3 is 0 Å². The highest BCUT2D eigenvalue weighted by molar-refractivity contribution is 5.39. The van der Waals surface area contributed by atoms with Gasteiger partial charge in [0.15, 0.2) is 0 Å². The van der Waals surface area contributed by atoms with Gasteiger partial charge < -0.3 is 25.4 Å². The van der Waals surface area contributed by atoms with E-state index in [-0.39, 0.29) is 19.3 Å². The molecule has 38 heavy (non-hydrogen) atoms. The fourth-order valence-electron chi connectivity index (χ4n) is 4.28. The van der Waals surface area contributed by atoms with Gasteiger partial charge in [-0.1, -0.05) is 72.8 Å². The molecule has 0 aromatic heterocycles. The fourth-order valence-corrected chi connectivity index (χ4v) is 4.28. The van der Waals surface area contributed by atoms with Crippen LogP contribution in [0.25, 0.3) is 0 Å². The number of rotatable bonds is 14. The van der Waals surface area contributed by atoms with Gasteiger partial charge in [-0.2, -0.15) is 0 Å². The summed E-state index contributed by atoms with van der Waals surface area (Å²) < 4.78 is 11.7. The smallest absolute Gasteiger partial charge is 0.120 e. The molecule has 0 aliphatic heterocycles. The molecule has 0 fully saturated rings. The molecule has 4 rings (SSSR count). The van der Waals surface area contributed by atoms with Crippen molar-refractivity contribution in [2.75, 3.05) is 25.5 Å². The Morgan fingerprint density at radius 1 is 0.684 bits per heavy atom. The van der Waals surface area contributed by atoms with Crippen molar-refractivity contribution in [3.8, 4) is 11.5 Å². The summed E-state index contributed by atoms with van der Waals surface area (Å²) in [4.78, 5) is 2.11. The first-order valence-corrected chi connectivity index (χ1v) is 12.9. The second-order valence-electron chi connectivity index (χ2n) is 9.41. The predicted octanol–water partition coefficient (Wildman–Crippen LogP) is 4.69. The van der Waals surface area contributed by atoms with Crippen LogP contribution in [-0.2, 0) is 19.6 Å². The second kappa shape index (κ2) is 14.2. The van der Waals surface area contributed by atoms with Crippen LogP contribution in [0.5, 0.6) is 11.5 Å². The molecule has 0 bridgehead atoms. The van der Waals surface area contributed by atoms with Gasteiger partial charge in [0.2, 0.25) is 0 Å². The molecule has 6 heteroatoms. The standard InChI is InChI=1S/C32H36N2O4/c33-28-13-11-25(12-14-28)19-29(22-35)34(20-26-7-3-1-4-8-26)21-30(36)24-38-32-17-15-31(16-18-32)37-23-27-9-5-2-6-10-27/h1-18,29-30,35-36H,19-24,33H2/t29-,30-/m0/s1. The van der Waals surface area contributed by atoms with Crippen molar-refractivity contribution in [1.29, 1.82) is 0 Å². The van der Waals surface area contributed by atoms with Crippen molar-refractivity contribution >= 4 is 5.69 Å². The van der Waals surface area contributed by atoms with Crippen molar-refractivity contribution in [1.82, 2.24) is 4.90 Å². The molecule has 4 aromatic carbocycles. The van der Waals surface area contributed by atoms with E-state index in [1.807, 2.05) is 97.1 Å². The molecule has 0 amide bonds. The summed E-state index contributed by atoms with van der Waals surface area (Å²) in [6, 6.07) is 35.0. The van der Waals surface area contributed by atoms with Crippen molar-refractivity contribution in [3.05, 3.63) is 126 Å². The summed E-state index contributed by atoms with van der Waals surface area (Å²) in [5.74, 6) is 1.41. The molecule has 0 saturated heterocycles. The van der Waals surface area contributed by atoms with E-state index in [2.05, 4.69) is 17.0 Å². The quantitative estimate of drug-likeness (QED) is 0.213. The van der Waals surface area contributed by atoms with Crippen LogP contribution in [0.2, 0.25) is 0 Å². The average Bonchev–Trinajstić information content (AvgIpc) is 2.96. The first-order chi connectivity index (χ1) is 18.6. The van der Waals surface area contributed by atoms with Crippen LogP contribution in [-0.4, -0.2) is 47.0 Å². The molecule has 0 unspecified atom stereocenters. The minimum Gasteiger partial charge on any atom is -0.491 e. The molecule has 0 heterocycles. The van der Waals surface area contributed by atoms with Crippen molar-refractivity contribution < 1.29 is 19.7 Å². The minimum atomic E-state index is -0.742. The van der Waals surface area contributed by atoms with E-state index in [9.17, 15) is 10.2 Å². The molecule has 2 atom stereocenters. The van der Waals surface area contributed by atoms with E-state index >= 15 is 0 Å². The molecule has 0 aliphatic rings. The molecular weight excluding hydrogens is 476 g/mol. The summed E-state index contributed by atoms with van der Waals surface area (Å²) in [5.41, 5.74) is 9.84. The van der Waals surface area contributed by atoms with Gasteiger partial charge in [0, 0.05) is 24.8 Å². The number of anilines is 1.